The summed E-state index contributed by atoms with van der Waals surface area (Å²) in [6, 6.07) is 0. The highest BCUT2D eigenvalue weighted by Crippen LogP contribution is 2.13. The maximum absolute atomic E-state index is 10.3. The van der Waals surface area contributed by atoms with E-state index in [4.69, 9.17) is 5.11 Å². The van der Waals surface area contributed by atoms with Crippen molar-refractivity contribution < 1.29 is 24.2 Å². The van der Waals surface area contributed by atoms with Crippen LogP contribution in [0.15, 0.2) is 12.2 Å². The third-order valence-corrected chi connectivity index (χ3v) is 4.55. The monoisotopic (exact) mass is 382 g/mol. The summed E-state index contributed by atoms with van der Waals surface area (Å²) in [7, 11) is 0. The fraction of sp³-hybridized carbons (Fsp3) is 0.773. The number of cyclic esters (lactones) is 2. The van der Waals surface area contributed by atoms with Gasteiger partial charge in [-0.2, -0.15) is 0 Å². The first-order chi connectivity index (χ1) is 13.1. The molecule has 0 spiro atoms. The van der Waals surface area contributed by atoms with Crippen LogP contribution in [0.5, 0.6) is 0 Å². The van der Waals surface area contributed by atoms with Gasteiger partial charge in [0.2, 0.25) is 0 Å². The Hall–Kier alpha value is -1.65. The molecule has 5 heteroatoms. The Morgan fingerprint density at radius 3 is 1.30 bits per heavy atom. The summed E-state index contributed by atoms with van der Waals surface area (Å²) >= 11 is 0. The molecule has 0 amide bonds. The smallest absolute Gasteiger partial charge is 0.338 e. The number of carboxylic acids is 1. The molecule has 0 aliphatic carbocycles. The molecule has 0 atom stereocenters. The van der Waals surface area contributed by atoms with Crippen molar-refractivity contribution >= 4 is 17.9 Å². The Morgan fingerprint density at radius 2 is 1.04 bits per heavy atom. The molecule has 27 heavy (non-hydrogen) atoms. The summed E-state index contributed by atoms with van der Waals surface area (Å²) in [4.78, 5) is 30.2. The molecule has 0 radical (unpaired) electrons. The summed E-state index contributed by atoms with van der Waals surface area (Å²) in [5, 5.41) is 8.52. The van der Waals surface area contributed by atoms with Crippen molar-refractivity contribution in [3.63, 3.8) is 0 Å². The van der Waals surface area contributed by atoms with E-state index < -0.39 is 17.9 Å². The molecule has 0 aromatic carbocycles. The third kappa shape index (κ3) is 20.5. The molecule has 1 aliphatic rings. The highest BCUT2D eigenvalue weighted by molar-refractivity contribution is 6.04. The van der Waals surface area contributed by atoms with Crippen molar-refractivity contribution in [1.29, 1.82) is 0 Å². The van der Waals surface area contributed by atoms with Gasteiger partial charge < -0.3 is 9.84 Å². The van der Waals surface area contributed by atoms with Gasteiger partial charge >= 0.3 is 17.9 Å². The molecule has 0 fully saturated rings. The van der Waals surface area contributed by atoms with Crippen molar-refractivity contribution in [1.82, 2.24) is 0 Å². The average molecular weight is 383 g/mol. The second-order valence-corrected chi connectivity index (χ2v) is 7.17. The molecule has 0 saturated carbocycles. The summed E-state index contributed by atoms with van der Waals surface area (Å²) < 4.78 is 3.97. The van der Waals surface area contributed by atoms with Gasteiger partial charge in [0, 0.05) is 18.6 Å². The lowest BCUT2D eigenvalue weighted by Gasteiger charge is -2.03. The summed E-state index contributed by atoms with van der Waals surface area (Å²) in [6.45, 7) is 2.27. The number of hydrogen-bond donors (Lipinski definition) is 1. The van der Waals surface area contributed by atoms with Gasteiger partial charge in [-0.15, -0.1) is 0 Å². The van der Waals surface area contributed by atoms with Crippen LogP contribution < -0.4 is 0 Å². The standard InChI is InChI=1S/C18H36O2.C4H2O3/c1-2-3-4-5-6-7-8-9-10-11-12-13-14-15-16-17-18(19)20;5-3-1-2-4(6)7-3/h2-17H2,1H3,(H,19,20);1-2H. The lowest BCUT2D eigenvalue weighted by molar-refractivity contribution is -0.150. The zero-order valence-corrected chi connectivity index (χ0v) is 17.0. The predicted molar refractivity (Wildman–Crippen MR) is 107 cm³/mol. The quantitative estimate of drug-likeness (QED) is 0.202. The van der Waals surface area contributed by atoms with Crippen molar-refractivity contribution in [2.24, 2.45) is 0 Å². The van der Waals surface area contributed by atoms with Crippen LogP contribution in [0, 0.1) is 0 Å². The molecule has 156 valence electrons. The first kappa shape index (κ1) is 25.4. The third-order valence-electron chi connectivity index (χ3n) is 4.55. The molecule has 1 rings (SSSR count). The zero-order valence-electron chi connectivity index (χ0n) is 17.0. The number of hydrogen-bond acceptors (Lipinski definition) is 4. The van der Waals surface area contributed by atoms with Crippen LogP contribution in [-0.2, 0) is 19.1 Å². The predicted octanol–water partition coefficient (Wildman–Crippen LogP) is 5.96. The van der Waals surface area contributed by atoms with E-state index in [1.807, 2.05) is 0 Å². The van der Waals surface area contributed by atoms with E-state index in [1.54, 1.807) is 0 Å². The molecule has 0 saturated heterocycles. The fourth-order valence-corrected chi connectivity index (χ4v) is 2.95. The summed E-state index contributed by atoms with van der Waals surface area (Å²) in [5.41, 5.74) is 0. The minimum absolute atomic E-state index is 0.345. The van der Waals surface area contributed by atoms with Crippen molar-refractivity contribution in [2.45, 2.75) is 110 Å². The first-order valence-electron chi connectivity index (χ1n) is 10.7. The second-order valence-electron chi connectivity index (χ2n) is 7.17. The van der Waals surface area contributed by atoms with Gasteiger partial charge in [-0.05, 0) is 6.42 Å². The van der Waals surface area contributed by atoms with E-state index in [0.29, 0.717) is 6.42 Å². The molecule has 0 unspecified atom stereocenters. The molecule has 5 nitrogen and oxygen atoms in total. The number of rotatable bonds is 16. The van der Waals surface area contributed by atoms with E-state index >= 15 is 0 Å². The lowest BCUT2D eigenvalue weighted by atomic mass is 10.0. The van der Waals surface area contributed by atoms with Gasteiger partial charge in [0.1, 0.15) is 0 Å². The number of carboxylic acid groups (broad SMARTS) is 1. The van der Waals surface area contributed by atoms with Crippen LogP contribution in [0.3, 0.4) is 0 Å². The second kappa shape index (κ2) is 19.1. The molecule has 1 heterocycles. The molecule has 1 N–H and O–H groups in total. The van der Waals surface area contributed by atoms with E-state index in [-0.39, 0.29) is 0 Å². The Morgan fingerprint density at radius 1 is 0.704 bits per heavy atom. The normalized spacial score (nSPS) is 12.6. The van der Waals surface area contributed by atoms with Crippen LogP contribution in [0.1, 0.15) is 110 Å². The summed E-state index contributed by atoms with van der Waals surface area (Å²) in [5.74, 6) is -1.81. The first-order valence-corrected chi connectivity index (χ1v) is 10.7. The van der Waals surface area contributed by atoms with Crippen LogP contribution >= 0.6 is 0 Å². The van der Waals surface area contributed by atoms with Gasteiger partial charge in [-0.25, -0.2) is 9.59 Å². The van der Waals surface area contributed by atoms with Gasteiger partial charge in [0.15, 0.2) is 0 Å². The average Bonchev–Trinajstić information content (AvgIpc) is 3.01. The number of unbranched alkanes of at least 4 members (excludes halogenated alkanes) is 14. The van der Waals surface area contributed by atoms with Crippen molar-refractivity contribution in [3.8, 4) is 0 Å². The largest absolute Gasteiger partial charge is 0.481 e. The molecular formula is C22H38O5. The van der Waals surface area contributed by atoms with Crippen LogP contribution in [0.2, 0.25) is 0 Å². The van der Waals surface area contributed by atoms with E-state index in [2.05, 4.69) is 11.7 Å². The molecular weight excluding hydrogens is 344 g/mol. The number of aliphatic carboxylic acids is 1. The van der Waals surface area contributed by atoms with Crippen LogP contribution in [0.25, 0.3) is 0 Å². The van der Waals surface area contributed by atoms with E-state index in [0.717, 1.165) is 25.0 Å². The van der Waals surface area contributed by atoms with Gasteiger partial charge in [-0.3, -0.25) is 4.79 Å². The highest BCUT2D eigenvalue weighted by atomic mass is 16.6. The minimum Gasteiger partial charge on any atom is -0.481 e. The molecule has 1 aliphatic heterocycles. The topological polar surface area (TPSA) is 80.7 Å². The van der Waals surface area contributed by atoms with E-state index in [9.17, 15) is 14.4 Å². The highest BCUT2D eigenvalue weighted by Gasteiger charge is 2.10. The Kier molecular flexibility index (Phi) is 18.0. The van der Waals surface area contributed by atoms with Gasteiger partial charge in [-0.1, -0.05) is 96.8 Å². The Bertz CT molecular complexity index is 412. The number of ether oxygens (including phenoxy) is 1. The number of esters is 2. The SMILES string of the molecule is CCCCCCCCCCCCCCCCCC(=O)O.O=C1C=CC(=O)O1. The maximum Gasteiger partial charge on any atom is 0.338 e. The molecule has 0 aromatic heterocycles. The van der Waals surface area contributed by atoms with Crippen LogP contribution in [0.4, 0.5) is 0 Å². The maximum atomic E-state index is 10.3. The Labute approximate surface area is 164 Å². The molecule has 0 bridgehead atoms. The zero-order chi connectivity index (χ0) is 20.2. The van der Waals surface area contributed by atoms with E-state index in [1.165, 1.54) is 83.5 Å². The van der Waals surface area contributed by atoms with Gasteiger partial charge in [0.05, 0.1) is 0 Å². The van der Waals surface area contributed by atoms with Gasteiger partial charge in [0.25, 0.3) is 0 Å². The molecule has 0 aromatic rings. The van der Waals surface area contributed by atoms with Crippen molar-refractivity contribution in [3.05, 3.63) is 12.2 Å². The Balaban J connectivity index is 0.000000797. The van der Waals surface area contributed by atoms with Crippen molar-refractivity contribution in [2.75, 3.05) is 0 Å². The number of carbonyl (C=O) groups is 3. The summed E-state index contributed by atoms with van der Waals surface area (Å²) in [6.07, 6.45) is 22.4. The lowest BCUT2D eigenvalue weighted by Crippen LogP contribution is -1.96. The minimum atomic E-state index is -0.653. The van der Waals surface area contributed by atoms with Crippen LogP contribution in [-0.4, -0.2) is 23.0 Å². The number of carbonyl (C=O) groups excluding carboxylic acids is 2. The fourth-order valence-electron chi connectivity index (χ4n) is 2.95.